The standard InChI is InChI=1S/C6H10O.C4H6O7S.H3N/c1-3-5-7-6-4-2;5-3(6)1-2(4(7)8)12(9,10)11;/h3-4H,1-2,5-6H2;2H,1H2,(H,5,6)(H,7,8)(H,9,10,11);1H3. The molecule has 0 aromatic rings. The van der Waals surface area contributed by atoms with Gasteiger partial charge >= 0.3 is 11.9 Å². The second kappa shape index (κ2) is 12.3. The molecule has 0 radical (unpaired) electrons. The summed E-state index contributed by atoms with van der Waals surface area (Å²) in [5.41, 5.74) is 0. The van der Waals surface area contributed by atoms with E-state index in [1.165, 1.54) is 0 Å². The van der Waals surface area contributed by atoms with E-state index in [1.807, 2.05) is 0 Å². The van der Waals surface area contributed by atoms with Crippen molar-refractivity contribution in [3.63, 3.8) is 0 Å². The van der Waals surface area contributed by atoms with Crippen molar-refractivity contribution in [2.45, 2.75) is 11.7 Å². The second-order valence-corrected chi connectivity index (χ2v) is 4.65. The van der Waals surface area contributed by atoms with Gasteiger partial charge in [0.1, 0.15) is 0 Å². The second-order valence-electron chi connectivity index (χ2n) is 3.05. The molecule has 118 valence electrons. The summed E-state index contributed by atoms with van der Waals surface area (Å²) in [5.74, 6) is -3.50. The quantitative estimate of drug-likeness (QED) is 0.280. The van der Waals surface area contributed by atoms with E-state index in [1.54, 1.807) is 12.2 Å². The van der Waals surface area contributed by atoms with Crippen LogP contribution in [0.2, 0.25) is 0 Å². The van der Waals surface area contributed by atoms with Gasteiger partial charge in [0.05, 0.1) is 19.6 Å². The molecule has 0 aromatic carbocycles. The smallest absolute Gasteiger partial charge is 0.325 e. The van der Waals surface area contributed by atoms with Gasteiger partial charge in [-0.25, -0.2) is 0 Å². The lowest BCUT2D eigenvalue weighted by molar-refractivity contribution is -0.143. The van der Waals surface area contributed by atoms with Crippen LogP contribution in [0.1, 0.15) is 6.42 Å². The van der Waals surface area contributed by atoms with Crippen LogP contribution in [-0.2, 0) is 24.4 Å². The Morgan fingerprint density at radius 1 is 1.15 bits per heavy atom. The van der Waals surface area contributed by atoms with Crippen LogP contribution in [0.3, 0.4) is 0 Å². The van der Waals surface area contributed by atoms with Crippen molar-refractivity contribution in [1.82, 2.24) is 6.15 Å². The minimum absolute atomic E-state index is 0. The number of carboxylic acids is 2. The summed E-state index contributed by atoms with van der Waals surface area (Å²) in [4.78, 5) is 20.0. The van der Waals surface area contributed by atoms with Gasteiger partial charge in [-0.15, -0.1) is 13.2 Å². The van der Waals surface area contributed by atoms with Crippen LogP contribution >= 0.6 is 0 Å². The molecule has 20 heavy (non-hydrogen) atoms. The first-order chi connectivity index (χ1) is 8.66. The highest BCUT2D eigenvalue weighted by Crippen LogP contribution is 2.04. The molecular weight excluding hydrogens is 294 g/mol. The zero-order valence-electron chi connectivity index (χ0n) is 10.8. The van der Waals surface area contributed by atoms with Crippen LogP contribution in [0.15, 0.2) is 25.3 Å². The van der Waals surface area contributed by atoms with Gasteiger partial charge in [-0.1, -0.05) is 12.2 Å². The number of ether oxygens (including phenoxy) is 1. The van der Waals surface area contributed by atoms with Crippen LogP contribution in [0.25, 0.3) is 0 Å². The molecule has 0 aliphatic carbocycles. The van der Waals surface area contributed by atoms with Crippen molar-refractivity contribution in [2.75, 3.05) is 13.2 Å². The Morgan fingerprint density at radius 3 is 1.70 bits per heavy atom. The third-order valence-electron chi connectivity index (χ3n) is 1.47. The highest BCUT2D eigenvalue weighted by atomic mass is 32.2. The zero-order chi connectivity index (χ0) is 15.5. The van der Waals surface area contributed by atoms with Crippen LogP contribution in [0.4, 0.5) is 0 Å². The molecule has 0 aromatic heterocycles. The van der Waals surface area contributed by atoms with Gasteiger partial charge in [-0.3, -0.25) is 14.1 Å². The van der Waals surface area contributed by atoms with Crippen molar-refractivity contribution in [3.8, 4) is 0 Å². The van der Waals surface area contributed by atoms with Gasteiger partial charge in [0.15, 0.2) is 5.25 Å². The molecule has 10 heteroatoms. The molecule has 9 nitrogen and oxygen atoms in total. The highest BCUT2D eigenvalue weighted by molar-refractivity contribution is 7.87. The van der Waals surface area contributed by atoms with Gasteiger partial charge < -0.3 is 21.1 Å². The third-order valence-corrected chi connectivity index (χ3v) is 2.55. The van der Waals surface area contributed by atoms with Crippen LogP contribution in [-0.4, -0.2) is 53.6 Å². The van der Waals surface area contributed by atoms with Crippen LogP contribution < -0.4 is 6.15 Å². The molecule has 0 rings (SSSR count). The van der Waals surface area contributed by atoms with E-state index < -0.39 is 33.7 Å². The average molecular weight is 313 g/mol. The molecule has 0 saturated heterocycles. The third kappa shape index (κ3) is 14.3. The lowest BCUT2D eigenvalue weighted by atomic mass is 10.3. The predicted octanol–water partition coefficient (Wildman–Crippen LogP) is 0.339. The van der Waals surface area contributed by atoms with Gasteiger partial charge in [0, 0.05) is 0 Å². The lowest BCUT2D eigenvalue weighted by Crippen LogP contribution is -2.31. The monoisotopic (exact) mass is 313 g/mol. The van der Waals surface area contributed by atoms with Gasteiger partial charge in [0.2, 0.25) is 0 Å². The van der Waals surface area contributed by atoms with Gasteiger partial charge in [-0.2, -0.15) is 8.42 Å². The summed E-state index contributed by atoms with van der Waals surface area (Å²) < 4.78 is 33.6. The van der Waals surface area contributed by atoms with E-state index in [4.69, 9.17) is 19.5 Å². The molecule has 0 bridgehead atoms. The van der Waals surface area contributed by atoms with Crippen LogP contribution in [0.5, 0.6) is 0 Å². The minimum Gasteiger partial charge on any atom is -0.481 e. The lowest BCUT2D eigenvalue weighted by Gasteiger charge is -2.04. The van der Waals surface area contributed by atoms with E-state index in [2.05, 4.69) is 13.2 Å². The molecule has 6 N–H and O–H groups in total. The molecule has 1 unspecified atom stereocenters. The normalized spacial score (nSPS) is 11.1. The first kappa shape index (κ1) is 23.4. The fraction of sp³-hybridized carbons (Fsp3) is 0.400. The van der Waals surface area contributed by atoms with E-state index >= 15 is 0 Å². The Balaban J connectivity index is -0.000000312. The van der Waals surface area contributed by atoms with E-state index in [9.17, 15) is 18.0 Å². The van der Waals surface area contributed by atoms with Crippen molar-refractivity contribution >= 4 is 22.1 Å². The highest BCUT2D eigenvalue weighted by Gasteiger charge is 2.33. The minimum atomic E-state index is -4.84. The molecule has 0 amide bonds. The Kier molecular flexibility index (Phi) is 14.4. The number of carboxylic acid groups (broad SMARTS) is 2. The van der Waals surface area contributed by atoms with E-state index in [0.717, 1.165) is 0 Å². The van der Waals surface area contributed by atoms with Crippen molar-refractivity contribution in [3.05, 3.63) is 25.3 Å². The Hall–Kier alpha value is -1.75. The summed E-state index contributed by atoms with van der Waals surface area (Å²) in [6.45, 7) is 8.18. The predicted molar refractivity (Wildman–Crippen MR) is 71.5 cm³/mol. The molecule has 0 aliphatic rings. The first-order valence-electron chi connectivity index (χ1n) is 4.87. The Morgan fingerprint density at radius 2 is 1.55 bits per heavy atom. The largest absolute Gasteiger partial charge is 0.481 e. The van der Waals surface area contributed by atoms with E-state index in [0.29, 0.717) is 13.2 Å². The zero-order valence-corrected chi connectivity index (χ0v) is 11.6. The Labute approximate surface area is 116 Å². The molecule has 0 aliphatic heterocycles. The topological polar surface area (TPSA) is 173 Å². The number of aliphatic carboxylic acids is 2. The molecule has 0 fully saturated rings. The average Bonchev–Trinajstić information content (AvgIpc) is 2.25. The number of rotatable bonds is 8. The summed E-state index contributed by atoms with van der Waals surface area (Å²) in [5, 5.41) is 13.9. The maximum Gasteiger partial charge on any atom is 0.325 e. The molecule has 1 atom stereocenters. The Bertz CT molecular complexity index is 409. The SMILES string of the molecule is C=CCOCC=C.N.O=C(O)CC(C(=O)O)S(=O)(=O)O. The number of hydrogen-bond acceptors (Lipinski definition) is 6. The van der Waals surface area contributed by atoms with Gasteiger partial charge in [0.25, 0.3) is 10.1 Å². The van der Waals surface area contributed by atoms with Crippen molar-refractivity contribution < 1.29 is 37.5 Å². The fourth-order valence-electron chi connectivity index (χ4n) is 0.713. The summed E-state index contributed by atoms with van der Waals surface area (Å²) in [7, 11) is -4.84. The van der Waals surface area contributed by atoms with Gasteiger partial charge in [-0.05, 0) is 0 Å². The molecular formula is C10H19NO8S. The molecule has 0 saturated carbocycles. The van der Waals surface area contributed by atoms with Crippen LogP contribution in [0, 0.1) is 0 Å². The van der Waals surface area contributed by atoms with Crippen molar-refractivity contribution in [1.29, 1.82) is 0 Å². The maximum atomic E-state index is 10.2. The summed E-state index contributed by atoms with van der Waals surface area (Å²) in [6, 6.07) is 0. The summed E-state index contributed by atoms with van der Waals surface area (Å²) in [6.07, 6.45) is 2.27. The first-order valence-corrected chi connectivity index (χ1v) is 6.37. The van der Waals surface area contributed by atoms with Crippen molar-refractivity contribution in [2.24, 2.45) is 0 Å². The fourth-order valence-corrected chi connectivity index (χ4v) is 1.32. The number of carbonyl (C=O) groups is 2. The van der Waals surface area contributed by atoms with E-state index in [-0.39, 0.29) is 6.15 Å². The summed E-state index contributed by atoms with van der Waals surface area (Å²) >= 11 is 0. The molecule has 0 heterocycles. The maximum absolute atomic E-state index is 10.2. The number of hydrogen-bond donors (Lipinski definition) is 4. The molecule has 0 spiro atoms.